The Kier molecular flexibility index (Phi) is 7.61. The number of aromatic nitrogens is 1. The van der Waals surface area contributed by atoms with Crippen LogP contribution in [0, 0.1) is 0 Å². The van der Waals surface area contributed by atoms with Gasteiger partial charge in [-0.1, -0.05) is 48.5 Å². The molecule has 6 nitrogen and oxygen atoms in total. The summed E-state index contributed by atoms with van der Waals surface area (Å²) < 4.78 is 5.84. The van der Waals surface area contributed by atoms with Crippen LogP contribution in [-0.2, 0) is 4.74 Å². The van der Waals surface area contributed by atoms with Crippen molar-refractivity contribution in [2.24, 2.45) is 0 Å². The number of halogens is 2. The SMILES string of the molecule is Cl.Cl.O=C(OCC1c2ccccc2-c2ccccc21)N1CCNCC1c1ccc(O)cn1. The van der Waals surface area contributed by atoms with Crippen molar-refractivity contribution in [2.75, 3.05) is 26.2 Å². The maximum absolute atomic E-state index is 13.0. The number of rotatable bonds is 3. The Morgan fingerprint density at radius 2 is 1.69 bits per heavy atom. The van der Waals surface area contributed by atoms with Crippen molar-refractivity contribution >= 4 is 30.9 Å². The van der Waals surface area contributed by atoms with Crippen LogP contribution >= 0.6 is 24.8 Å². The van der Waals surface area contributed by atoms with Crippen molar-refractivity contribution in [1.29, 1.82) is 0 Å². The smallest absolute Gasteiger partial charge is 0.410 e. The molecule has 0 saturated carbocycles. The first kappa shape index (κ1) is 23.9. The fraction of sp³-hybridized carbons (Fsp3) is 0.250. The Bertz CT molecular complexity index is 1030. The summed E-state index contributed by atoms with van der Waals surface area (Å²) in [6, 6.07) is 19.7. The number of hydrogen-bond donors (Lipinski definition) is 2. The third-order valence-corrected chi connectivity index (χ3v) is 5.93. The summed E-state index contributed by atoms with van der Waals surface area (Å²) in [6.45, 7) is 2.15. The van der Waals surface area contributed by atoms with Crippen LogP contribution in [0.15, 0.2) is 66.9 Å². The minimum absolute atomic E-state index is 0. The van der Waals surface area contributed by atoms with E-state index in [4.69, 9.17) is 4.74 Å². The van der Waals surface area contributed by atoms with Crippen LogP contribution < -0.4 is 5.32 Å². The third-order valence-electron chi connectivity index (χ3n) is 5.93. The normalized spacial score (nSPS) is 16.9. The van der Waals surface area contributed by atoms with Crippen molar-refractivity contribution in [3.05, 3.63) is 83.7 Å². The van der Waals surface area contributed by atoms with Gasteiger partial charge >= 0.3 is 6.09 Å². The molecular weight excluding hydrogens is 449 g/mol. The Balaban J connectivity index is 0.00000144. The Hall–Kier alpha value is -2.80. The summed E-state index contributed by atoms with van der Waals surface area (Å²) in [5, 5.41) is 12.8. The highest BCUT2D eigenvalue weighted by Crippen LogP contribution is 2.44. The minimum Gasteiger partial charge on any atom is -0.506 e. The minimum atomic E-state index is -0.335. The van der Waals surface area contributed by atoms with E-state index in [2.05, 4.69) is 34.6 Å². The van der Waals surface area contributed by atoms with Gasteiger partial charge in [-0.25, -0.2) is 4.79 Å². The molecule has 1 saturated heterocycles. The molecule has 1 aliphatic carbocycles. The quantitative estimate of drug-likeness (QED) is 0.584. The molecule has 2 N–H and O–H groups in total. The second kappa shape index (κ2) is 10.2. The number of nitrogens with zero attached hydrogens (tertiary/aromatic N) is 2. The van der Waals surface area contributed by atoms with Crippen LogP contribution in [0.2, 0.25) is 0 Å². The zero-order valence-electron chi connectivity index (χ0n) is 17.3. The van der Waals surface area contributed by atoms with E-state index in [-0.39, 0.29) is 48.6 Å². The van der Waals surface area contributed by atoms with E-state index in [0.29, 0.717) is 26.2 Å². The molecule has 1 unspecified atom stereocenters. The van der Waals surface area contributed by atoms with Gasteiger partial charge in [0.1, 0.15) is 12.4 Å². The van der Waals surface area contributed by atoms with Crippen molar-refractivity contribution < 1.29 is 14.6 Å². The van der Waals surface area contributed by atoms with Crippen molar-refractivity contribution in [3.8, 4) is 16.9 Å². The van der Waals surface area contributed by atoms with Gasteiger partial charge in [-0.15, -0.1) is 24.8 Å². The number of carbonyl (C=O) groups excluding carboxylic acids is 1. The number of piperazine rings is 1. The standard InChI is InChI=1S/C24H23N3O3.2ClH/c28-16-9-10-22(26-13-16)23-14-25-11-12-27(23)24(29)30-15-21-19-7-3-1-5-17(19)18-6-2-4-8-20(18)21;;/h1-10,13,21,23,25,28H,11-12,14-15H2;2*1H. The number of nitrogens with one attached hydrogen (secondary N) is 1. The van der Waals surface area contributed by atoms with Gasteiger partial charge in [0.15, 0.2) is 0 Å². The number of hydrogen-bond acceptors (Lipinski definition) is 5. The van der Waals surface area contributed by atoms with Gasteiger partial charge in [0.25, 0.3) is 0 Å². The van der Waals surface area contributed by atoms with Crippen LogP contribution in [0.3, 0.4) is 0 Å². The second-order valence-corrected chi connectivity index (χ2v) is 7.66. The number of benzene rings is 2. The molecule has 8 heteroatoms. The summed E-state index contributed by atoms with van der Waals surface area (Å²) in [5.41, 5.74) is 5.55. The highest BCUT2D eigenvalue weighted by Gasteiger charge is 2.33. The lowest BCUT2D eigenvalue weighted by molar-refractivity contribution is 0.0743. The average Bonchev–Trinajstić information content (AvgIpc) is 3.12. The Morgan fingerprint density at radius 1 is 1.03 bits per heavy atom. The molecule has 0 spiro atoms. The van der Waals surface area contributed by atoms with Crippen LogP contribution in [-0.4, -0.2) is 47.3 Å². The molecule has 2 aromatic carbocycles. The van der Waals surface area contributed by atoms with Gasteiger partial charge in [0, 0.05) is 25.6 Å². The number of amides is 1. The highest BCUT2D eigenvalue weighted by atomic mass is 35.5. The van der Waals surface area contributed by atoms with Gasteiger partial charge in [0.2, 0.25) is 0 Å². The molecule has 2 heterocycles. The van der Waals surface area contributed by atoms with Gasteiger partial charge < -0.3 is 15.2 Å². The molecule has 1 amide bonds. The maximum Gasteiger partial charge on any atom is 0.410 e. The molecule has 0 radical (unpaired) electrons. The molecule has 1 aromatic heterocycles. The summed E-state index contributed by atoms with van der Waals surface area (Å²) in [4.78, 5) is 19.0. The van der Waals surface area contributed by atoms with E-state index >= 15 is 0 Å². The fourth-order valence-electron chi connectivity index (χ4n) is 4.46. The van der Waals surface area contributed by atoms with Crippen molar-refractivity contribution in [2.45, 2.75) is 12.0 Å². The fourth-order valence-corrected chi connectivity index (χ4v) is 4.46. The van der Waals surface area contributed by atoms with Gasteiger partial charge in [0.05, 0.1) is 17.9 Å². The zero-order chi connectivity index (χ0) is 20.5. The monoisotopic (exact) mass is 473 g/mol. The molecule has 0 bridgehead atoms. The first-order valence-electron chi connectivity index (χ1n) is 10.2. The van der Waals surface area contributed by atoms with E-state index in [1.165, 1.54) is 28.5 Å². The molecule has 3 aromatic rings. The maximum atomic E-state index is 13.0. The van der Waals surface area contributed by atoms with E-state index in [1.54, 1.807) is 17.0 Å². The predicted octanol–water partition coefficient (Wildman–Crippen LogP) is 4.53. The van der Waals surface area contributed by atoms with Gasteiger partial charge in [-0.05, 0) is 34.4 Å². The summed E-state index contributed by atoms with van der Waals surface area (Å²) in [7, 11) is 0. The van der Waals surface area contributed by atoms with Crippen molar-refractivity contribution in [1.82, 2.24) is 15.2 Å². The van der Waals surface area contributed by atoms with Crippen LogP contribution in [0.25, 0.3) is 11.1 Å². The van der Waals surface area contributed by atoms with Gasteiger partial charge in [-0.2, -0.15) is 0 Å². The number of carbonyl (C=O) groups is 1. The lowest BCUT2D eigenvalue weighted by Gasteiger charge is -2.35. The molecular formula is C24H25Cl2N3O3. The number of pyridine rings is 1. The van der Waals surface area contributed by atoms with Crippen LogP contribution in [0.5, 0.6) is 5.75 Å². The van der Waals surface area contributed by atoms with Crippen LogP contribution in [0.4, 0.5) is 4.79 Å². The molecule has 1 atom stereocenters. The summed E-state index contributed by atoms with van der Waals surface area (Å²) in [5.74, 6) is 0.143. The lowest BCUT2D eigenvalue weighted by Crippen LogP contribution is -2.49. The second-order valence-electron chi connectivity index (χ2n) is 7.66. The van der Waals surface area contributed by atoms with Crippen molar-refractivity contribution in [3.63, 3.8) is 0 Å². The Morgan fingerprint density at radius 3 is 2.31 bits per heavy atom. The summed E-state index contributed by atoms with van der Waals surface area (Å²) in [6.07, 6.45) is 1.07. The molecule has 2 aliphatic rings. The largest absolute Gasteiger partial charge is 0.506 e. The van der Waals surface area contributed by atoms with E-state index < -0.39 is 0 Å². The number of fused-ring (bicyclic) bond motifs is 3. The molecule has 32 heavy (non-hydrogen) atoms. The molecule has 168 valence electrons. The number of aromatic hydroxyl groups is 1. The topological polar surface area (TPSA) is 74.7 Å². The van der Waals surface area contributed by atoms with E-state index in [1.807, 2.05) is 24.3 Å². The van der Waals surface area contributed by atoms with E-state index in [9.17, 15) is 9.90 Å². The third kappa shape index (κ3) is 4.39. The molecule has 5 rings (SSSR count). The predicted molar refractivity (Wildman–Crippen MR) is 128 cm³/mol. The summed E-state index contributed by atoms with van der Waals surface area (Å²) >= 11 is 0. The average molecular weight is 474 g/mol. The molecule has 1 aliphatic heterocycles. The number of ether oxygens (including phenoxy) is 1. The first-order valence-corrected chi connectivity index (χ1v) is 10.2. The zero-order valence-corrected chi connectivity index (χ0v) is 18.9. The first-order chi connectivity index (χ1) is 14.7. The highest BCUT2D eigenvalue weighted by molar-refractivity contribution is 5.85. The van der Waals surface area contributed by atoms with Gasteiger partial charge in [-0.3, -0.25) is 9.88 Å². The molecule has 1 fully saturated rings. The lowest BCUT2D eigenvalue weighted by atomic mass is 9.98. The van der Waals surface area contributed by atoms with Crippen LogP contribution in [0.1, 0.15) is 28.8 Å². The Labute approximate surface area is 199 Å². The van der Waals surface area contributed by atoms with E-state index in [0.717, 1.165) is 5.69 Å².